The van der Waals surface area contributed by atoms with Gasteiger partial charge in [0.1, 0.15) is 5.82 Å². The van der Waals surface area contributed by atoms with Crippen molar-refractivity contribution in [3.8, 4) is 0 Å². The van der Waals surface area contributed by atoms with E-state index in [1.165, 1.54) is 23.9 Å². The van der Waals surface area contributed by atoms with Crippen LogP contribution >= 0.6 is 27.7 Å². The molecule has 1 heterocycles. The van der Waals surface area contributed by atoms with Crippen molar-refractivity contribution < 1.29 is 9.18 Å². The Morgan fingerprint density at radius 2 is 1.86 bits per heavy atom. The quantitative estimate of drug-likeness (QED) is 0.419. The Morgan fingerprint density at radius 1 is 1.18 bits per heavy atom. The third kappa shape index (κ3) is 5.53. The summed E-state index contributed by atoms with van der Waals surface area (Å²) in [7, 11) is 0. The van der Waals surface area contributed by atoms with Crippen molar-refractivity contribution in [3.63, 3.8) is 0 Å². The molecule has 0 spiro atoms. The van der Waals surface area contributed by atoms with Crippen molar-refractivity contribution in [2.45, 2.75) is 24.3 Å². The summed E-state index contributed by atoms with van der Waals surface area (Å²) in [5, 5.41) is 3.22. The van der Waals surface area contributed by atoms with Crippen molar-refractivity contribution >= 4 is 39.3 Å². The van der Waals surface area contributed by atoms with E-state index in [0.29, 0.717) is 27.9 Å². The Labute approximate surface area is 173 Å². The van der Waals surface area contributed by atoms with Crippen LogP contribution in [0.1, 0.15) is 16.8 Å². The molecule has 0 fully saturated rings. The minimum atomic E-state index is -0.333. The second-order valence-corrected chi connectivity index (χ2v) is 7.96. The SMILES string of the molecule is Cc1nc(SCc2ccc(F)cc2)[nH]c(=O)c1CC(=O)Nc1ccc(Br)cc1. The molecule has 0 bridgehead atoms. The highest BCUT2D eigenvalue weighted by Gasteiger charge is 2.13. The summed E-state index contributed by atoms with van der Waals surface area (Å²) >= 11 is 4.68. The second kappa shape index (κ2) is 9.16. The van der Waals surface area contributed by atoms with Gasteiger partial charge in [0.05, 0.1) is 6.42 Å². The number of thioether (sulfide) groups is 1. The number of nitrogens with zero attached hydrogens (tertiary/aromatic N) is 1. The number of H-pyrrole nitrogens is 1. The van der Waals surface area contributed by atoms with E-state index in [0.717, 1.165) is 10.0 Å². The molecule has 3 aromatic rings. The van der Waals surface area contributed by atoms with Crippen LogP contribution < -0.4 is 10.9 Å². The number of nitrogens with one attached hydrogen (secondary N) is 2. The number of hydrogen-bond acceptors (Lipinski definition) is 4. The summed E-state index contributed by atoms with van der Waals surface area (Å²) in [4.78, 5) is 31.8. The molecule has 2 N–H and O–H groups in total. The van der Waals surface area contributed by atoms with E-state index < -0.39 is 0 Å². The first-order valence-corrected chi connectivity index (χ1v) is 10.2. The predicted octanol–water partition coefficient (Wildman–Crippen LogP) is 4.45. The zero-order valence-electron chi connectivity index (χ0n) is 15.0. The van der Waals surface area contributed by atoms with Crippen LogP contribution in [-0.4, -0.2) is 15.9 Å². The fourth-order valence-electron chi connectivity index (χ4n) is 2.49. The molecule has 0 atom stereocenters. The summed E-state index contributed by atoms with van der Waals surface area (Å²) in [6.07, 6.45) is -0.0624. The molecule has 0 saturated heterocycles. The maximum Gasteiger partial charge on any atom is 0.255 e. The van der Waals surface area contributed by atoms with E-state index in [9.17, 15) is 14.0 Å². The molecule has 0 aliphatic heterocycles. The van der Waals surface area contributed by atoms with Crippen LogP contribution in [0.4, 0.5) is 10.1 Å². The van der Waals surface area contributed by atoms with E-state index >= 15 is 0 Å². The first-order chi connectivity index (χ1) is 13.4. The zero-order valence-corrected chi connectivity index (χ0v) is 17.4. The Morgan fingerprint density at radius 3 is 2.50 bits per heavy atom. The molecular formula is C20H17BrFN3O2S. The molecule has 28 heavy (non-hydrogen) atoms. The van der Waals surface area contributed by atoms with E-state index in [1.54, 1.807) is 31.2 Å². The Bertz CT molecular complexity index is 1040. The number of aryl methyl sites for hydroxylation is 1. The Balaban J connectivity index is 1.65. The maximum absolute atomic E-state index is 13.0. The number of aromatic amines is 1. The number of amides is 1. The average Bonchev–Trinajstić information content (AvgIpc) is 2.66. The number of carbonyl (C=O) groups excluding carboxylic acids is 1. The van der Waals surface area contributed by atoms with Gasteiger partial charge in [-0.1, -0.05) is 39.8 Å². The normalized spacial score (nSPS) is 10.7. The number of benzene rings is 2. The van der Waals surface area contributed by atoms with Crippen LogP contribution in [-0.2, 0) is 17.0 Å². The Kier molecular flexibility index (Phi) is 6.64. The van der Waals surface area contributed by atoms with Crippen LogP contribution in [0, 0.1) is 12.7 Å². The van der Waals surface area contributed by atoms with Gasteiger partial charge in [-0.15, -0.1) is 0 Å². The highest BCUT2D eigenvalue weighted by molar-refractivity contribution is 9.10. The van der Waals surface area contributed by atoms with Gasteiger partial charge >= 0.3 is 0 Å². The number of carbonyl (C=O) groups is 1. The summed E-state index contributed by atoms with van der Waals surface area (Å²) in [5.74, 6) is -0.0298. The smallest absolute Gasteiger partial charge is 0.255 e. The van der Waals surface area contributed by atoms with Gasteiger partial charge in [0.2, 0.25) is 5.91 Å². The zero-order chi connectivity index (χ0) is 20.1. The molecule has 0 aliphatic carbocycles. The van der Waals surface area contributed by atoms with Gasteiger partial charge in [0.15, 0.2) is 5.16 Å². The van der Waals surface area contributed by atoms with E-state index in [4.69, 9.17) is 0 Å². The lowest BCUT2D eigenvalue weighted by Gasteiger charge is -2.08. The van der Waals surface area contributed by atoms with Gasteiger partial charge < -0.3 is 10.3 Å². The van der Waals surface area contributed by atoms with Gasteiger partial charge in [-0.3, -0.25) is 9.59 Å². The standard InChI is InChI=1S/C20H17BrFN3O2S/c1-12-17(10-18(26)24-16-8-4-14(21)5-9-16)19(27)25-20(23-12)28-11-13-2-6-15(22)7-3-13/h2-9H,10-11H2,1H3,(H,24,26)(H,23,25,27). The molecule has 8 heteroatoms. The summed E-state index contributed by atoms with van der Waals surface area (Å²) in [6, 6.07) is 13.3. The van der Waals surface area contributed by atoms with Gasteiger partial charge in [0.25, 0.3) is 5.56 Å². The number of anilines is 1. The lowest BCUT2D eigenvalue weighted by molar-refractivity contribution is -0.115. The molecule has 0 saturated carbocycles. The van der Waals surface area contributed by atoms with Gasteiger partial charge in [-0.25, -0.2) is 9.37 Å². The minimum absolute atomic E-state index is 0.0624. The number of aromatic nitrogens is 2. The molecule has 0 unspecified atom stereocenters. The fraction of sp³-hybridized carbons (Fsp3) is 0.150. The third-order valence-corrected chi connectivity index (χ3v) is 5.43. The highest BCUT2D eigenvalue weighted by Crippen LogP contribution is 2.19. The highest BCUT2D eigenvalue weighted by atomic mass is 79.9. The molecule has 5 nitrogen and oxygen atoms in total. The van der Waals surface area contributed by atoms with E-state index in [2.05, 4.69) is 31.2 Å². The van der Waals surface area contributed by atoms with Crippen molar-refractivity contribution in [2.75, 3.05) is 5.32 Å². The first-order valence-electron chi connectivity index (χ1n) is 8.43. The molecule has 3 rings (SSSR count). The lowest BCUT2D eigenvalue weighted by Crippen LogP contribution is -2.23. The molecule has 2 aromatic carbocycles. The summed E-state index contributed by atoms with van der Waals surface area (Å²) in [6.45, 7) is 1.71. The van der Waals surface area contributed by atoms with Crippen LogP contribution in [0.3, 0.4) is 0 Å². The molecule has 1 aromatic heterocycles. The van der Waals surface area contributed by atoms with Crippen molar-refractivity contribution in [2.24, 2.45) is 0 Å². The summed E-state index contributed by atoms with van der Waals surface area (Å²) in [5.41, 5.74) is 2.09. The van der Waals surface area contributed by atoms with Crippen molar-refractivity contribution in [1.82, 2.24) is 9.97 Å². The van der Waals surface area contributed by atoms with Crippen LogP contribution in [0.5, 0.6) is 0 Å². The molecule has 0 aliphatic rings. The molecule has 144 valence electrons. The predicted molar refractivity (Wildman–Crippen MR) is 112 cm³/mol. The summed E-state index contributed by atoms with van der Waals surface area (Å²) < 4.78 is 13.9. The Hall–Kier alpha value is -2.45. The molecular weight excluding hydrogens is 445 g/mol. The lowest BCUT2D eigenvalue weighted by atomic mass is 10.1. The van der Waals surface area contributed by atoms with Gasteiger partial charge in [0, 0.05) is 27.2 Å². The topological polar surface area (TPSA) is 74.8 Å². The average molecular weight is 462 g/mol. The van der Waals surface area contributed by atoms with E-state index in [-0.39, 0.29) is 23.7 Å². The second-order valence-electron chi connectivity index (χ2n) is 6.08. The van der Waals surface area contributed by atoms with Crippen LogP contribution in [0.25, 0.3) is 0 Å². The monoisotopic (exact) mass is 461 g/mol. The minimum Gasteiger partial charge on any atom is -0.326 e. The third-order valence-electron chi connectivity index (χ3n) is 3.95. The van der Waals surface area contributed by atoms with E-state index in [1.807, 2.05) is 12.1 Å². The van der Waals surface area contributed by atoms with Gasteiger partial charge in [-0.05, 0) is 48.9 Å². The maximum atomic E-state index is 13.0. The fourth-order valence-corrected chi connectivity index (χ4v) is 3.62. The first kappa shape index (κ1) is 20.3. The van der Waals surface area contributed by atoms with Crippen molar-refractivity contribution in [3.05, 3.63) is 86.0 Å². The number of hydrogen-bond donors (Lipinski definition) is 2. The number of halogens is 2. The van der Waals surface area contributed by atoms with Crippen molar-refractivity contribution in [1.29, 1.82) is 0 Å². The largest absolute Gasteiger partial charge is 0.326 e. The van der Waals surface area contributed by atoms with Gasteiger partial charge in [-0.2, -0.15) is 0 Å². The molecule has 0 radical (unpaired) electrons. The van der Waals surface area contributed by atoms with Crippen LogP contribution in [0.15, 0.2) is 63.0 Å². The molecule has 1 amide bonds. The van der Waals surface area contributed by atoms with Crippen LogP contribution in [0.2, 0.25) is 0 Å². The number of rotatable bonds is 6.